The first-order valence-corrected chi connectivity index (χ1v) is 5.86. The van der Waals surface area contributed by atoms with Crippen LogP contribution in [0, 0.1) is 11.8 Å². The predicted molar refractivity (Wildman–Crippen MR) is 62.1 cm³/mol. The fourth-order valence-electron chi connectivity index (χ4n) is 1.71. The third kappa shape index (κ3) is 3.76. The smallest absolute Gasteiger partial charge is 0.338 e. The van der Waals surface area contributed by atoms with Crippen molar-refractivity contribution >= 4 is 5.97 Å². The van der Waals surface area contributed by atoms with Crippen LogP contribution < -0.4 is 0 Å². The highest BCUT2D eigenvalue weighted by Crippen LogP contribution is 2.25. The SMILES string of the molecule is CC(C)CCCC(O)C(O)(C(=O)O)C(C)C. The molecule has 96 valence electrons. The van der Waals surface area contributed by atoms with E-state index in [9.17, 15) is 15.0 Å². The number of carbonyl (C=O) groups is 1. The molecular formula is C12H24O4. The molecule has 0 spiro atoms. The van der Waals surface area contributed by atoms with Crippen molar-refractivity contribution in [3.05, 3.63) is 0 Å². The summed E-state index contributed by atoms with van der Waals surface area (Å²) in [7, 11) is 0. The first-order valence-electron chi connectivity index (χ1n) is 5.86. The van der Waals surface area contributed by atoms with Crippen LogP contribution >= 0.6 is 0 Å². The molecule has 2 atom stereocenters. The van der Waals surface area contributed by atoms with E-state index in [1.54, 1.807) is 13.8 Å². The van der Waals surface area contributed by atoms with Gasteiger partial charge in [-0.15, -0.1) is 0 Å². The minimum absolute atomic E-state index is 0.319. The molecule has 0 heterocycles. The second-order valence-electron chi connectivity index (χ2n) is 5.13. The Morgan fingerprint density at radius 3 is 2.00 bits per heavy atom. The van der Waals surface area contributed by atoms with Gasteiger partial charge in [-0.1, -0.05) is 40.5 Å². The molecule has 0 rings (SSSR count). The zero-order chi connectivity index (χ0) is 12.9. The van der Waals surface area contributed by atoms with E-state index >= 15 is 0 Å². The van der Waals surface area contributed by atoms with Crippen molar-refractivity contribution in [3.63, 3.8) is 0 Å². The molecule has 2 unspecified atom stereocenters. The third-order valence-corrected chi connectivity index (χ3v) is 2.99. The molecule has 0 aliphatic heterocycles. The van der Waals surface area contributed by atoms with Crippen molar-refractivity contribution in [3.8, 4) is 0 Å². The summed E-state index contributed by atoms with van der Waals surface area (Å²) in [6, 6.07) is 0. The van der Waals surface area contributed by atoms with Crippen LogP contribution in [0.5, 0.6) is 0 Å². The number of hydrogen-bond acceptors (Lipinski definition) is 3. The fourth-order valence-corrected chi connectivity index (χ4v) is 1.71. The highest BCUT2D eigenvalue weighted by molar-refractivity contribution is 5.78. The molecule has 0 radical (unpaired) electrons. The molecule has 0 aromatic heterocycles. The number of aliphatic hydroxyl groups is 2. The number of hydrogen-bond donors (Lipinski definition) is 3. The van der Waals surface area contributed by atoms with Gasteiger partial charge in [0.15, 0.2) is 5.60 Å². The Hall–Kier alpha value is -0.610. The van der Waals surface area contributed by atoms with Crippen molar-refractivity contribution in [1.82, 2.24) is 0 Å². The summed E-state index contributed by atoms with van der Waals surface area (Å²) in [5, 5.41) is 28.7. The molecule has 0 aromatic rings. The van der Waals surface area contributed by atoms with E-state index in [1.165, 1.54) is 0 Å². The van der Waals surface area contributed by atoms with E-state index in [4.69, 9.17) is 5.11 Å². The van der Waals surface area contributed by atoms with E-state index in [1.807, 2.05) is 0 Å². The van der Waals surface area contributed by atoms with Crippen LogP contribution in [0.25, 0.3) is 0 Å². The molecule has 0 aliphatic rings. The van der Waals surface area contributed by atoms with Gasteiger partial charge in [0, 0.05) is 0 Å². The molecule has 0 saturated heterocycles. The number of aliphatic hydroxyl groups excluding tert-OH is 1. The molecule has 0 aromatic carbocycles. The first kappa shape index (κ1) is 15.4. The molecule has 0 bridgehead atoms. The average molecular weight is 232 g/mol. The lowest BCUT2D eigenvalue weighted by atomic mass is 9.82. The molecule has 16 heavy (non-hydrogen) atoms. The van der Waals surface area contributed by atoms with Crippen LogP contribution in [0.15, 0.2) is 0 Å². The van der Waals surface area contributed by atoms with Crippen molar-refractivity contribution < 1.29 is 20.1 Å². The number of aliphatic carboxylic acids is 1. The van der Waals surface area contributed by atoms with Gasteiger partial charge in [0.05, 0.1) is 6.10 Å². The van der Waals surface area contributed by atoms with Crippen LogP contribution in [0.2, 0.25) is 0 Å². The summed E-state index contributed by atoms with van der Waals surface area (Å²) < 4.78 is 0. The molecular weight excluding hydrogens is 208 g/mol. The minimum Gasteiger partial charge on any atom is -0.479 e. The van der Waals surface area contributed by atoms with Gasteiger partial charge in [-0.3, -0.25) is 0 Å². The lowest BCUT2D eigenvalue weighted by Gasteiger charge is -2.32. The second kappa shape index (κ2) is 6.21. The van der Waals surface area contributed by atoms with E-state index < -0.39 is 23.6 Å². The molecule has 4 heteroatoms. The summed E-state index contributed by atoms with van der Waals surface area (Å²) in [5.41, 5.74) is -2.03. The Morgan fingerprint density at radius 1 is 1.19 bits per heavy atom. The Kier molecular flexibility index (Phi) is 5.97. The first-order chi connectivity index (χ1) is 7.22. The quantitative estimate of drug-likeness (QED) is 0.623. The minimum atomic E-state index is -2.03. The number of rotatable bonds is 7. The zero-order valence-corrected chi connectivity index (χ0v) is 10.6. The van der Waals surface area contributed by atoms with Crippen LogP contribution in [-0.4, -0.2) is 33.0 Å². The van der Waals surface area contributed by atoms with Gasteiger partial charge >= 0.3 is 5.97 Å². The van der Waals surface area contributed by atoms with Gasteiger partial charge in [0.1, 0.15) is 0 Å². The van der Waals surface area contributed by atoms with Gasteiger partial charge in [0.25, 0.3) is 0 Å². The fraction of sp³-hybridized carbons (Fsp3) is 0.917. The maximum absolute atomic E-state index is 11.0. The molecule has 3 N–H and O–H groups in total. The average Bonchev–Trinajstić information content (AvgIpc) is 2.14. The van der Waals surface area contributed by atoms with Gasteiger partial charge in [-0.25, -0.2) is 4.79 Å². The van der Waals surface area contributed by atoms with Crippen LogP contribution in [0.3, 0.4) is 0 Å². The Labute approximate surface area is 97.3 Å². The zero-order valence-electron chi connectivity index (χ0n) is 10.6. The third-order valence-electron chi connectivity index (χ3n) is 2.99. The van der Waals surface area contributed by atoms with Gasteiger partial charge in [-0.2, -0.15) is 0 Å². The summed E-state index contributed by atoms with van der Waals surface area (Å²) >= 11 is 0. The van der Waals surface area contributed by atoms with Crippen molar-refractivity contribution in [1.29, 1.82) is 0 Å². The van der Waals surface area contributed by atoms with E-state index in [0.29, 0.717) is 12.3 Å². The standard InChI is InChI=1S/C12H24O4/c1-8(2)6-5-7-10(13)12(16,9(3)4)11(14)15/h8-10,13,16H,5-7H2,1-4H3,(H,14,15). The molecule has 0 saturated carbocycles. The molecule has 0 amide bonds. The molecule has 4 nitrogen and oxygen atoms in total. The van der Waals surface area contributed by atoms with E-state index in [0.717, 1.165) is 12.8 Å². The summed E-state index contributed by atoms with van der Waals surface area (Å²) in [6.07, 6.45) is 0.759. The van der Waals surface area contributed by atoms with Crippen molar-refractivity contribution in [2.24, 2.45) is 11.8 Å². The Balaban J connectivity index is 4.41. The van der Waals surface area contributed by atoms with Crippen LogP contribution in [0.1, 0.15) is 47.0 Å². The Morgan fingerprint density at radius 2 is 1.69 bits per heavy atom. The lowest BCUT2D eigenvalue weighted by molar-refractivity contribution is -0.180. The monoisotopic (exact) mass is 232 g/mol. The normalized spacial score (nSPS) is 17.5. The summed E-state index contributed by atoms with van der Waals surface area (Å²) in [5.74, 6) is -1.34. The van der Waals surface area contributed by atoms with Crippen LogP contribution in [0.4, 0.5) is 0 Å². The lowest BCUT2D eigenvalue weighted by Crippen LogP contribution is -2.53. The van der Waals surface area contributed by atoms with E-state index in [-0.39, 0.29) is 0 Å². The van der Waals surface area contributed by atoms with Gasteiger partial charge in [-0.05, 0) is 18.3 Å². The summed E-state index contributed by atoms with van der Waals surface area (Å²) in [6.45, 7) is 7.33. The van der Waals surface area contributed by atoms with Crippen molar-refractivity contribution in [2.75, 3.05) is 0 Å². The largest absolute Gasteiger partial charge is 0.479 e. The molecule has 0 aliphatic carbocycles. The maximum Gasteiger partial charge on any atom is 0.338 e. The topological polar surface area (TPSA) is 77.8 Å². The maximum atomic E-state index is 11.0. The highest BCUT2D eigenvalue weighted by Gasteiger charge is 2.45. The van der Waals surface area contributed by atoms with Gasteiger partial charge in [0.2, 0.25) is 0 Å². The summed E-state index contributed by atoms with van der Waals surface area (Å²) in [4.78, 5) is 11.0. The van der Waals surface area contributed by atoms with E-state index in [2.05, 4.69) is 13.8 Å². The number of carboxylic acid groups (broad SMARTS) is 1. The predicted octanol–water partition coefficient (Wildman–Crippen LogP) is 1.65. The highest BCUT2D eigenvalue weighted by atomic mass is 16.4. The van der Waals surface area contributed by atoms with Gasteiger partial charge < -0.3 is 15.3 Å². The van der Waals surface area contributed by atoms with Crippen molar-refractivity contribution in [2.45, 2.75) is 58.7 Å². The Bertz CT molecular complexity index is 225. The number of carboxylic acids is 1. The molecule has 0 fully saturated rings. The second-order valence-corrected chi connectivity index (χ2v) is 5.13. The van der Waals surface area contributed by atoms with Crippen LogP contribution in [-0.2, 0) is 4.79 Å².